The van der Waals surface area contributed by atoms with Crippen molar-refractivity contribution in [2.24, 2.45) is 0 Å². The maximum absolute atomic E-state index is 11.8. The van der Waals surface area contributed by atoms with Gasteiger partial charge in [0.1, 0.15) is 4.91 Å². The van der Waals surface area contributed by atoms with E-state index in [0.29, 0.717) is 11.3 Å². The fourth-order valence-corrected chi connectivity index (χ4v) is 3.52. The van der Waals surface area contributed by atoms with E-state index < -0.39 is 12.1 Å². The highest BCUT2D eigenvalue weighted by Gasteiger charge is 2.24. The average molecular weight is 262 g/mol. The summed E-state index contributed by atoms with van der Waals surface area (Å²) >= 11 is 2.52. The molecule has 90 valence electrons. The second-order valence-electron chi connectivity index (χ2n) is 3.47. The molecule has 0 aromatic carbocycles. The van der Waals surface area contributed by atoms with Gasteiger partial charge < -0.3 is 10.2 Å². The molecule has 0 saturated heterocycles. The molecule has 1 aliphatic rings. The van der Waals surface area contributed by atoms with Gasteiger partial charge in [-0.2, -0.15) is 0 Å². The topological polar surface area (TPSA) is 74.6 Å². The molecule has 0 spiro atoms. The van der Waals surface area contributed by atoms with E-state index in [1.807, 2.05) is 0 Å². The number of hydrogen-bond donors (Lipinski definition) is 2. The molecule has 0 bridgehead atoms. The molecular weight excluding hydrogens is 248 g/mol. The molecule has 0 unspecified atom stereocenters. The van der Waals surface area contributed by atoms with Gasteiger partial charge in [0.2, 0.25) is 0 Å². The van der Waals surface area contributed by atoms with Crippen LogP contribution in [0.4, 0.5) is 0 Å². The lowest BCUT2D eigenvalue weighted by molar-refractivity contribution is -0.132. The number of hydrogen-bond acceptors (Lipinski definition) is 5. The van der Waals surface area contributed by atoms with E-state index in [-0.39, 0.29) is 17.1 Å². The second kappa shape index (κ2) is 6.32. The first kappa shape index (κ1) is 13.6. The Morgan fingerprint density at radius 2 is 1.88 bits per heavy atom. The quantitative estimate of drug-likeness (QED) is 0.782. The molecule has 0 aromatic rings. The Labute approximate surface area is 102 Å². The fraction of sp³-hybridized carbons (Fsp3) is 0.600. The van der Waals surface area contributed by atoms with Crippen molar-refractivity contribution >= 4 is 35.3 Å². The van der Waals surface area contributed by atoms with Crippen LogP contribution < -0.4 is 0 Å². The highest BCUT2D eigenvalue weighted by atomic mass is 32.2. The summed E-state index contributed by atoms with van der Waals surface area (Å²) in [6, 6.07) is 0. The van der Waals surface area contributed by atoms with Gasteiger partial charge >= 0.3 is 5.97 Å². The zero-order valence-electron chi connectivity index (χ0n) is 8.93. The summed E-state index contributed by atoms with van der Waals surface area (Å²) in [5, 5.41) is 18.0. The third kappa shape index (κ3) is 3.84. The van der Waals surface area contributed by atoms with Gasteiger partial charge in [0, 0.05) is 17.9 Å². The number of aliphatic hydroxyl groups is 1. The lowest BCUT2D eigenvalue weighted by atomic mass is 10.1. The number of Topliss-reactive ketones (excluding diaryl/α,β-unsaturated/α-hetero) is 1. The van der Waals surface area contributed by atoms with Crippen LogP contribution in [-0.4, -0.2) is 39.6 Å². The number of ketones is 1. The van der Waals surface area contributed by atoms with Crippen molar-refractivity contribution < 1.29 is 19.8 Å². The van der Waals surface area contributed by atoms with Gasteiger partial charge in [0.15, 0.2) is 5.78 Å². The molecule has 0 amide bonds. The minimum Gasteiger partial charge on any atom is -0.477 e. The molecule has 0 saturated carbocycles. The molecule has 1 atom stereocenters. The minimum absolute atomic E-state index is 0.159. The first-order valence-corrected chi connectivity index (χ1v) is 6.94. The molecule has 1 heterocycles. The molecular formula is C10H14O4S2. The SMILES string of the molecule is C[C@H](O)CCC(=O)C1=C(C(=O)O)SCCS1. The van der Waals surface area contributed by atoms with Crippen LogP contribution in [0, 0.1) is 0 Å². The normalized spacial score (nSPS) is 18.4. The van der Waals surface area contributed by atoms with E-state index in [1.54, 1.807) is 6.92 Å². The molecule has 1 aliphatic heterocycles. The van der Waals surface area contributed by atoms with Gasteiger partial charge in [-0.1, -0.05) is 0 Å². The fourth-order valence-electron chi connectivity index (χ4n) is 1.24. The van der Waals surface area contributed by atoms with Crippen molar-refractivity contribution in [1.82, 2.24) is 0 Å². The summed E-state index contributed by atoms with van der Waals surface area (Å²) in [6.07, 6.45) is 0.0525. The van der Waals surface area contributed by atoms with E-state index in [0.717, 1.165) is 11.5 Å². The van der Waals surface area contributed by atoms with Crippen molar-refractivity contribution in [3.8, 4) is 0 Å². The molecule has 1 rings (SSSR count). The Hall–Kier alpha value is -0.460. The van der Waals surface area contributed by atoms with Crippen LogP contribution >= 0.6 is 23.5 Å². The van der Waals surface area contributed by atoms with Crippen LogP contribution in [0.25, 0.3) is 0 Å². The molecule has 0 fully saturated rings. The standard InChI is InChI=1S/C10H14O4S2/c1-6(11)2-3-7(12)8-9(10(13)14)16-5-4-15-8/h6,11H,2-5H2,1H3,(H,13,14)/t6-/m0/s1. The van der Waals surface area contributed by atoms with Gasteiger partial charge in [-0.25, -0.2) is 4.79 Å². The third-order valence-electron chi connectivity index (χ3n) is 2.02. The Kier molecular flexibility index (Phi) is 5.37. The Morgan fingerprint density at radius 1 is 1.31 bits per heavy atom. The van der Waals surface area contributed by atoms with E-state index >= 15 is 0 Å². The van der Waals surface area contributed by atoms with E-state index in [2.05, 4.69) is 0 Å². The van der Waals surface area contributed by atoms with Crippen LogP contribution in [0.3, 0.4) is 0 Å². The smallest absolute Gasteiger partial charge is 0.343 e. The molecule has 4 nitrogen and oxygen atoms in total. The number of aliphatic carboxylic acids is 1. The van der Waals surface area contributed by atoms with Crippen molar-refractivity contribution in [1.29, 1.82) is 0 Å². The van der Waals surface area contributed by atoms with Crippen molar-refractivity contribution in [3.63, 3.8) is 0 Å². The van der Waals surface area contributed by atoms with Gasteiger partial charge in [0.05, 0.1) is 11.0 Å². The average Bonchev–Trinajstić information content (AvgIpc) is 2.25. The lowest BCUT2D eigenvalue weighted by Crippen LogP contribution is -2.14. The van der Waals surface area contributed by atoms with E-state index in [9.17, 15) is 9.59 Å². The van der Waals surface area contributed by atoms with Crippen LogP contribution in [0.2, 0.25) is 0 Å². The predicted molar refractivity (Wildman–Crippen MR) is 65.5 cm³/mol. The summed E-state index contributed by atoms with van der Waals surface area (Å²) in [4.78, 5) is 23.2. The molecule has 2 N–H and O–H groups in total. The number of aliphatic hydroxyl groups excluding tert-OH is 1. The number of allylic oxidation sites excluding steroid dienone is 1. The second-order valence-corrected chi connectivity index (χ2v) is 5.68. The Bertz CT molecular complexity index is 323. The summed E-state index contributed by atoms with van der Waals surface area (Å²) in [6.45, 7) is 1.61. The number of thioether (sulfide) groups is 2. The maximum atomic E-state index is 11.8. The monoisotopic (exact) mass is 262 g/mol. The van der Waals surface area contributed by atoms with Crippen LogP contribution in [0.5, 0.6) is 0 Å². The summed E-state index contributed by atoms with van der Waals surface area (Å²) in [7, 11) is 0. The van der Waals surface area contributed by atoms with Crippen LogP contribution in [-0.2, 0) is 9.59 Å². The van der Waals surface area contributed by atoms with E-state index in [1.165, 1.54) is 23.5 Å². The van der Waals surface area contributed by atoms with E-state index in [4.69, 9.17) is 10.2 Å². The Morgan fingerprint density at radius 3 is 2.38 bits per heavy atom. The van der Waals surface area contributed by atoms with Gasteiger partial charge in [-0.05, 0) is 13.3 Å². The van der Waals surface area contributed by atoms with Crippen molar-refractivity contribution in [2.75, 3.05) is 11.5 Å². The highest BCUT2D eigenvalue weighted by Crippen LogP contribution is 2.35. The number of carboxylic acid groups (broad SMARTS) is 1. The number of carbonyl (C=O) groups is 2. The Balaban J connectivity index is 2.74. The van der Waals surface area contributed by atoms with Gasteiger partial charge in [0.25, 0.3) is 0 Å². The summed E-state index contributed by atoms with van der Waals surface area (Å²) in [5.74, 6) is 0.282. The van der Waals surface area contributed by atoms with Crippen molar-refractivity contribution in [2.45, 2.75) is 25.9 Å². The molecule has 6 heteroatoms. The first-order valence-electron chi connectivity index (χ1n) is 4.96. The lowest BCUT2D eigenvalue weighted by Gasteiger charge is -2.15. The molecule has 0 aliphatic carbocycles. The first-order chi connectivity index (χ1) is 7.52. The maximum Gasteiger partial charge on any atom is 0.343 e. The van der Waals surface area contributed by atoms with Gasteiger partial charge in [-0.3, -0.25) is 4.79 Å². The van der Waals surface area contributed by atoms with Gasteiger partial charge in [-0.15, -0.1) is 23.5 Å². The zero-order valence-corrected chi connectivity index (χ0v) is 10.6. The van der Waals surface area contributed by atoms with Crippen molar-refractivity contribution in [3.05, 3.63) is 9.81 Å². The number of rotatable bonds is 5. The molecule has 0 radical (unpaired) electrons. The van der Waals surface area contributed by atoms with Crippen LogP contribution in [0.1, 0.15) is 19.8 Å². The number of carboxylic acids is 1. The van der Waals surface area contributed by atoms with Crippen LogP contribution in [0.15, 0.2) is 9.81 Å². The molecule has 16 heavy (non-hydrogen) atoms. The predicted octanol–water partition coefficient (Wildman–Crippen LogP) is 1.49. The highest BCUT2D eigenvalue weighted by molar-refractivity contribution is 8.11. The third-order valence-corrected chi connectivity index (χ3v) is 4.61. The number of carbonyl (C=O) groups excluding carboxylic acids is 1. The summed E-state index contributed by atoms with van der Waals surface area (Å²) < 4.78 is 0. The molecule has 0 aromatic heterocycles. The largest absolute Gasteiger partial charge is 0.477 e. The summed E-state index contributed by atoms with van der Waals surface area (Å²) in [5.41, 5.74) is 0. The zero-order chi connectivity index (χ0) is 12.1. The minimum atomic E-state index is -1.03.